The van der Waals surface area contributed by atoms with Gasteiger partial charge in [0.1, 0.15) is 5.76 Å². The molecular weight excluding hydrogens is 278 g/mol. The monoisotopic (exact) mass is 299 g/mol. The number of carbonyl (C=O) groups is 1. The predicted octanol–water partition coefficient (Wildman–Crippen LogP) is 1.51. The second-order valence-corrected chi connectivity index (χ2v) is 5.67. The SMILES string of the molecule is CC1CNCC(C(=O)NCc2ccc(-c3ccco3)cc2)N1. The summed E-state index contributed by atoms with van der Waals surface area (Å²) < 4.78 is 5.36. The van der Waals surface area contributed by atoms with E-state index in [2.05, 4.69) is 22.9 Å². The van der Waals surface area contributed by atoms with Gasteiger partial charge >= 0.3 is 0 Å². The second kappa shape index (κ2) is 6.77. The van der Waals surface area contributed by atoms with Crippen molar-refractivity contribution in [1.82, 2.24) is 16.0 Å². The minimum atomic E-state index is -0.161. The van der Waals surface area contributed by atoms with E-state index in [0.717, 1.165) is 23.4 Å². The number of benzene rings is 1. The van der Waals surface area contributed by atoms with Crippen molar-refractivity contribution in [1.29, 1.82) is 0 Å². The van der Waals surface area contributed by atoms with E-state index >= 15 is 0 Å². The summed E-state index contributed by atoms with van der Waals surface area (Å²) in [6.45, 7) is 4.18. The number of amides is 1. The summed E-state index contributed by atoms with van der Waals surface area (Å²) in [5.41, 5.74) is 2.10. The van der Waals surface area contributed by atoms with Gasteiger partial charge in [-0.05, 0) is 24.6 Å². The van der Waals surface area contributed by atoms with Crippen molar-refractivity contribution >= 4 is 5.91 Å². The zero-order valence-corrected chi connectivity index (χ0v) is 12.6. The first-order valence-corrected chi connectivity index (χ1v) is 7.59. The standard InChI is InChI=1S/C17H21N3O2/c1-12-9-18-11-15(20-12)17(21)19-10-13-4-6-14(7-5-13)16-3-2-8-22-16/h2-8,12,15,18,20H,9-11H2,1H3,(H,19,21). The van der Waals surface area contributed by atoms with Crippen LogP contribution in [0.25, 0.3) is 11.3 Å². The molecule has 0 bridgehead atoms. The zero-order chi connectivity index (χ0) is 15.4. The maximum Gasteiger partial charge on any atom is 0.238 e. The third-order valence-corrected chi connectivity index (χ3v) is 3.83. The van der Waals surface area contributed by atoms with Gasteiger partial charge < -0.3 is 20.4 Å². The number of hydrogen-bond acceptors (Lipinski definition) is 4. The number of piperazine rings is 1. The molecule has 3 rings (SSSR count). The molecule has 2 atom stereocenters. The lowest BCUT2D eigenvalue weighted by atomic mass is 10.1. The van der Waals surface area contributed by atoms with Crippen LogP contribution in [-0.4, -0.2) is 31.1 Å². The topological polar surface area (TPSA) is 66.3 Å². The fourth-order valence-electron chi connectivity index (χ4n) is 2.62. The van der Waals surface area contributed by atoms with Gasteiger partial charge in [-0.1, -0.05) is 24.3 Å². The van der Waals surface area contributed by atoms with Gasteiger partial charge in [-0.25, -0.2) is 0 Å². The van der Waals surface area contributed by atoms with Gasteiger partial charge in [0.2, 0.25) is 5.91 Å². The van der Waals surface area contributed by atoms with Crippen LogP contribution < -0.4 is 16.0 Å². The first-order valence-electron chi connectivity index (χ1n) is 7.59. The van der Waals surface area contributed by atoms with E-state index in [1.54, 1.807) is 6.26 Å². The Hall–Kier alpha value is -2.11. The molecule has 1 aliphatic heterocycles. The van der Waals surface area contributed by atoms with E-state index in [4.69, 9.17) is 4.42 Å². The molecule has 1 amide bonds. The Bertz CT molecular complexity index is 607. The Morgan fingerprint density at radius 2 is 2.09 bits per heavy atom. The van der Waals surface area contributed by atoms with Crippen LogP contribution in [0.3, 0.4) is 0 Å². The summed E-state index contributed by atoms with van der Waals surface area (Å²) in [6, 6.07) is 12.0. The number of nitrogens with one attached hydrogen (secondary N) is 3. The van der Waals surface area contributed by atoms with E-state index in [0.29, 0.717) is 19.1 Å². The lowest BCUT2D eigenvalue weighted by Crippen LogP contribution is -2.59. The zero-order valence-electron chi connectivity index (χ0n) is 12.6. The molecule has 22 heavy (non-hydrogen) atoms. The van der Waals surface area contributed by atoms with E-state index in [9.17, 15) is 4.79 Å². The van der Waals surface area contributed by atoms with Crippen molar-refractivity contribution in [3.05, 3.63) is 48.2 Å². The number of rotatable bonds is 4. The molecule has 1 aromatic carbocycles. The first kappa shape index (κ1) is 14.8. The maximum atomic E-state index is 12.1. The summed E-state index contributed by atoms with van der Waals surface area (Å²) in [5.74, 6) is 0.885. The van der Waals surface area contributed by atoms with Crippen LogP contribution >= 0.6 is 0 Å². The summed E-state index contributed by atoms with van der Waals surface area (Å²) in [5, 5.41) is 9.52. The molecule has 5 nitrogen and oxygen atoms in total. The molecule has 1 fully saturated rings. The average Bonchev–Trinajstić information content (AvgIpc) is 3.07. The Morgan fingerprint density at radius 1 is 1.27 bits per heavy atom. The molecule has 2 unspecified atom stereocenters. The lowest BCUT2D eigenvalue weighted by Gasteiger charge is -2.28. The highest BCUT2D eigenvalue weighted by molar-refractivity contribution is 5.82. The molecule has 3 N–H and O–H groups in total. The quantitative estimate of drug-likeness (QED) is 0.801. The fourth-order valence-corrected chi connectivity index (χ4v) is 2.62. The Balaban J connectivity index is 1.54. The molecule has 116 valence electrons. The largest absolute Gasteiger partial charge is 0.464 e. The minimum absolute atomic E-state index is 0.0363. The number of hydrogen-bond donors (Lipinski definition) is 3. The van der Waals surface area contributed by atoms with Gasteiger partial charge in [0.05, 0.1) is 12.3 Å². The maximum absolute atomic E-state index is 12.1. The molecule has 1 aromatic heterocycles. The van der Waals surface area contributed by atoms with Gasteiger partial charge in [0.15, 0.2) is 0 Å². The van der Waals surface area contributed by atoms with Crippen LogP contribution in [0, 0.1) is 0 Å². The number of furan rings is 1. The van der Waals surface area contributed by atoms with Crippen molar-refractivity contribution < 1.29 is 9.21 Å². The van der Waals surface area contributed by atoms with Gasteiger partial charge in [-0.15, -0.1) is 0 Å². The first-order chi connectivity index (χ1) is 10.7. The summed E-state index contributed by atoms with van der Waals surface area (Å²) in [7, 11) is 0. The van der Waals surface area contributed by atoms with E-state index in [1.807, 2.05) is 36.4 Å². The molecule has 0 aliphatic carbocycles. The Labute approximate surface area is 130 Å². The average molecular weight is 299 g/mol. The second-order valence-electron chi connectivity index (χ2n) is 5.67. The van der Waals surface area contributed by atoms with E-state index in [1.165, 1.54) is 0 Å². The van der Waals surface area contributed by atoms with Crippen molar-refractivity contribution in [3.8, 4) is 11.3 Å². The molecule has 2 aromatic rings. The van der Waals surface area contributed by atoms with Gasteiger partial charge in [-0.2, -0.15) is 0 Å². The van der Waals surface area contributed by atoms with Crippen LogP contribution in [0.2, 0.25) is 0 Å². The van der Waals surface area contributed by atoms with Crippen molar-refractivity contribution in [2.24, 2.45) is 0 Å². The van der Waals surface area contributed by atoms with Gasteiger partial charge in [0, 0.05) is 31.2 Å². The van der Waals surface area contributed by atoms with Crippen LogP contribution in [0.4, 0.5) is 0 Å². The Morgan fingerprint density at radius 3 is 2.77 bits per heavy atom. The van der Waals surface area contributed by atoms with Crippen molar-refractivity contribution in [2.75, 3.05) is 13.1 Å². The summed E-state index contributed by atoms with van der Waals surface area (Å²) in [4.78, 5) is 12.1. The molecule has 2 heterocycles. The molecule has 0 saturated carbocycles. The van der Waals surface area contributed by atoms with Gasteiger partial charge in [-0.3, -0.25) is 4.79 Å². The highest BCUT2D eigenvalue weighted by Gasteiger charge is 2.23. The Kier molecular flexibility index (Phi) is 4.56. The van der Waals surface area contributed by atoms with Crippen LogP contribution in [-0.2, 0) is 11.3 Å². The molecule has 5 heteroatoms. The third-order valence-electron chi connectivity index (χ3n) is 3.83. The minimum Gasteiger partial charge on any atom is -0.464 e. The van der Waals surface area contributed by atoms with E-state index in [-0.39, 0.29) is 11.9 Å². The van der Waals surface area contributed by atoms with E-state index < -0.39 is 0 Å². The van der Waals surface area contributed by atoms with Crippen LogP contribution in [0.5, 0.6) is 0 Å². The highest BCUT2D eigenvalue weighted by atomic mass is 16.3. The molecular formula is C17H21N3O2. The highest BCUT2D eigenvalue weighted by Crippen LogP contribution is 2.19. The third kappa shape index (κ3) is 3.55. The van der Waals surface area contributed by atoms with Crippen molar-refractivity contribution in [3.63, 3.8) is 0 Å². The molecule has 0 radical (unpaired) electrons. The normalized spacial score (nSPS) is 21.5. The predicted molar refractivity (Wildman–Crippen MR) is 85.2 cm³/mol. The van der Waals surface area contributed by atoms with Crippen LogP contribution in [0.15, 0.2) is 47.1 Å². The lowest BCUT2D eigenvalue weighted by molar-refractivity contribution is -0.123. The molecule has 0 spiro atoms. The van der Waals surface area contributed by atoms with Gasteiger partial charge in [0.25, 0.3) is 0 Å². The molecule has 1 aliphatic rings. The molecule has 1 saturated heterocycles. The van der Waals surface area contributed by atoms with Crippen molar-refractivity contribution in [2.45, 2.75) is 25.6 Å². The summed E-state index contributed by atoms with van der Waals surface area (Å²) in [6.07, 6.45) is 1.66. The smallest absolute Gasteiger partial charge is 0.238 e. The fraction of sp³-hybridized carbons (Fsp3) is 0.353. The summed E-state index contributed by atoms with van der Waals surface area (Å²) >= 11 is 0. The number of carbonyl (C=O) groups excluding carboxylic acids is 1. The van der Waals surface area contributed by atoms with Crippen LogP contribution in [0.1, 0.15) is 12.5 Å².